The lowest BCUT2D eigenvalue weighted by Crippen LogP contribution is -2.15. The fourth-order valence-corrected chi connectivity index (χ4v) is 5.88. The Bertz CT molecular complexity index is 1330. The molecule has 8 heteroatoms. The van der Waals surface area contributed by atoms with E-state index in [1.807, 2.05) is 19.9 Å². The van der Waals surface area contributed by atoms with Crippen molar-refractivity contribution in [3.8, 4) is 5.75 Å². The van der Waals surface area contributed by atoms with Crippen LogP contribution in [0, 0.1) is 19.8 Å². The van der Waals surface area contributed by atoms with Crippen LogP contribution in [0.25, 0.3) is 6.08 Å². The number of carboxylic acids is 1. The zero-order valence-electron chi connectivity index (χ0n) is 19.8. The van der Waals surface area contributed by atoms with Crippen LogP contribution in [0.2, 0.25) is 0 Å². The molecule has 0 aromatic heterocycles. The first-order chi connectivity index (χ1) is 16.6. The van der Waals surface area contributed by atoms with Crippen LogP contribution in [0.3, 0.4) is 0 Å². The van der Waals surface area contributed by atoms with E-state index >= 15 is 0 Å². The molecule has 1 aliphatic carbocycles. The molecule has 1 unspecified atom stereocenters. The van der Waals surface area contributed by atoms with Crippen molar-refractivity contribution in [1.29, 1.82) is 0 Å². The number of benzene rings is 2. The minimum Gasteiger partial charge on any atom is -0.481 e. The molecule has 184 valence electrons. The van der Waals surface area contributed by atoms with Crippen LogP contribution in [-0.4, -0.2) is 25.5 Å². The first kappa shape index (κ1) is 24.7. The Labute approximate surface area is 205 Å². The molecule has 2 aromatic carbocycles. The maximum atomic E-state index is 13.2. The number of carbonyl (C=O) groups is 2. The van der Waals surface area contributed by atoms with Crippen molar-refractivity contribution in [2.24, 2.45) is 5.92 Å². The highest BCUT2D eigenvalue weighted by atomic mass is 32.2. The second-order valence-electron chi connectivity index (χ2n) is 9.00. The first-order valence-corrected chi connectivity index (χ1v) is 12.9. The molecule has 2 aliphatic rings. The van der Waals surface area contributed by atoms with Crippen LogP contribution in [-0.2, 0) is 32.7 Å². The average Bonchev–Trinajstić information content (AvgIpc) is 3.40. The summed E-state index contributed by atoms with van der Waals surface area (Å²) in [6.45, 7) is 7.63. The molecule has 1 heterocycles. The van der Waals surface area contributed by atoms with Crippen LogP contribution in [0.1, 0.15) is 63.9 Å². The van der Waals surface area contributed by atoms with Gasteiger partial charge in [0.25, 0.3) is 0 Å². The highest BCUT2D eigenvalue weighted by Crippen LogP contribution is 2.41. The molecular weight excluding hydrogens is 468 g/mol. The maximum Gasteiger partial charge on any atom is 0.342 e. The second kappa shape index (κ2) is 9.70. The summed E-state index contributed by atoms with van der Waals surface area (Å²) in [6.07, 6.45) is 6.38. The molecule has 7 nitrogen and oxygen atoms in total. The predicted molar refractivity (Wildman–Crippen MR) is 131 cm³/mol. The summed E-state index contributed by atoms with van der Waals surface area (Å²) in [7, 11) is -4.24. The van der Waals surface area contributed by atoms with Crippen molar-refractivity contribution in [1.82, 2.24) is 0 Å². The standard InChI is InChI=1S/C27H28O7S/c1-4-21-17(3)23-15-33-27(30)25(23)26(34-35(31,32)20-11-8-16(2)9-12-20)22(21)13-10-18-6-5-7-19(18)14-24(28)29/h4,8-12,19H,1,5-7,13-15H2,2-3H3,(H,28,29)/b18-10+. The molecular formula is C27H28O7S. The zero-order valence-corrected chi connectivity index (χ0v) is 20.6. The van der Waals surface area contributed by atoms with Crippen molar-refractivity contribution < 1.29 is 32.0 Å². The summed E-state index contributed by atoms with van der Waals surface area (Å²) in [4.78, 5) is 23.9. The molecule has 0 spiro atoms. The molecule has 0 bridgehead atoms. The molecule has 1 aliphatic heterocycles. The predicted octanol–water partition coefficient (Wildman–Crippen LogP) is 5.13. The third kappa shape index (κ3) is 4.89. The Kier molecular flexibility index (Phi) is 6.85. The van der Waals surface area contributed by atoms with Crippen LogP contribution < -0.4 is 4.18 Å². The summed E-state index contributed by atoms with van der Waals surface area (Å²) < 4.78 is 37.3. The van der Waals surface area contributed by atoms with Crippen LogP contribution >= 0.6 is 0 Å². The SMILES string of the molecule is C=Cc1c(C)c2c(c(OS(=O)(=O)c3ccc(C)cc3)c1C/C=C1\CCCC1CC(=O)O)C(=O)OC2. The summed E-state index contributed by atoms with van der Waals surface area (Å²) in [6, 6.07) is 6.27. The van der Waals surface area contributed by atoms with Gasteiger partial charge in [-0.05, 0) is 68.7 Å². The number of aryl methyl sites for hydroxylation is 1. The van der Waals surface area contributed by atoms with Gasteiger partial charge in [-0.15, -0.1) is 0 Å². The van der Waals surface area contributed by atoms with E-state index in [1.54, 1.807) is 18.2 Å². The van der Waals surface area contributed by atoms with Gasteiger partial charge in [-0.3, -0.25) is 4.79 Å². The summed E-state index contributed by atoms with van der Waals surface area (Å²) in [5.74, 6) is -1.58. The Balaban J connectivity index is 1.83. The maximum absolute atomic E-state index is 13.2. The third-order valence-corrected chi connectivity index (χ3v) is 8.01. The summed E-state index contributed by atoms with van der Waals surface area (Å²) in [5, 5.41) is 9.25. The lowest BCUT2D eigenvalue weighted by Gasteiger charge is -2.19. The minimum absolute atomic E-state index is 0.0226. The number of allylic oxidation sites excluding steroid dienone is 2. The number of hydrogen-bond donors (Lipinski definition) is 1. The fraction of sp³-hybridized carbons (Fsp3) is 0.333. The van der Waals surface area contributed by atoms with Crippen molar-refractivity contribution in [3.05, 3.63) is 75.9 Å². The molecule has 4 rings (SSSR count). The highest BCUT2D eigenvalue weighted by Gasteiger charge is 2.34. The number of rotatable bonds is 8. The Morgan fingerprint density at radius 3 is 2.63 bits per heavy atom. The molecule has 1 fully saturated rings. The van der Waals surface area contributed by atoms with Gasteiger partial charge in [0.05, 0.1) is 6.42 Å². The second-order valence-corrected chi connectivity index (χ2v) is 10.5. The van der Waals surface area contributed by atoms with E-state index in [-0.39, 0.29) is 41.6 Å². The molecule has 1 N–H and O–H groups in total. The largest absolute Gasteiger partial charge is 0.481 e. The van der Waals surface area contributed by atoms with E-state index in [1.165, 1.54) is 12.1 Å². The molecule has 1 atom stereocenters. The van der Waals surface area contributed by atoms with Crippen LogP contribution in [0.5, 0.6) is 5.75 Å². The van der Waals surface area contributed by atoms with Gasteiger partial charge < -0.3 is 14.0 Å². The Morgan fingerprint density at radius 1 is 1.26 bits per heavy atom. The van der Waals surface area contributed by atoms with Crippen LogP contribution in [0.4, 0.5) is 0 Å². The highest BCUT2D eigenvalue weighted by molar-refractivity contribution is 7.87. The molecule has 1 saturated carbocycles. The number of ether oxygens (including phenoxy) is 1. The van der Waals surface area contributed by atoms with Crippen molar-refractivity contribution in [3.63, 3.8) is 0 Å². The van der Waals surface area contributed by atoms with E-state index < -0.39 is 22.1 Å². The fourth-order valence-electron chi connectivity index (χ4n) is 4.91. The average molecular weight is 497 g/mol. The Hall–Kier alpha value is -3.39. The number of cyclic esters (lactones) is 1. The monoisotopic (exact) mass is 496 g/mol. The van der Waals surface area contributed by atoms with E-state index in [9.17, 15) is 23.1 Å². The molecule has 2 aromatic rings. The van der Waals surface area contributed by atoms with Crippen LogP contribution in [0.15, 0.2) is 47.4 Å². The molecule has 35 heavy (non-hydrogen) atoms. The van der Waals surface area contributed by atoms with Gasteiger partial charge in [-0.2, -0.15) is 8.42 Å². The summed E-state index contributed by atoms with van der Waals surface area (Å²) in [5.41, 5.74) is 4.60. The van der Waals surface area contributed by atoms with Crippen molar-refractivity contribution >= 4 is 28.1 Å². The van der Waals surface area contributed by atoms with Gasteiger partial charge in [0.1, 0.15) is 17.1 Å². The van der Waals surface area contributed by atoms with E-state index in [2.05, 4.69) is 6.58 Å². The number of hydrogen-bond acceptors (Lipinski definition) is 6. The van der Waals surface area contributed by atoms with E-state index in [4.69, 9.17) is 8.92 Å². The van der Waals surface area contributed by atoms with Gasteiger partial charge in [0, 0.05) is 11.1 Å². The number of fused-ring (bicyclic) bond motifs is 1. The lowest BCUT2D eigenvalue weighted by atomic mass is 9.89. The van der Waals surface area contributed by atoms with Gasteiger partial charge in [-0.1, -0.05) is 42.0 Å². The van der Waals surface area contributed by atoms with Gasteiger partial charge in [-0.25, -0.2) is 4.79 Å². The number of carbonyl (C=O) groups excluding carboxylic acids is 1. The molecule has 0 saturated heterocycles. The van der Waals surface area contributed by atoms with Gasteiger partial charge in [0.15, 0.2) is 5.75 Å². The normalized spacial score (nSPS) is 18.4. The topological polar surface area (TPSA) is 107 Å². The molecule has 0 radical (unpaired) electrons. The van der Waals surface area contributed by atoms with Gasteiger partial charge >= 0.3 is 22.1 Å². The number of aliphatic carboxylic acids is 1. The van der Waals surface area contributed by atoms with Crippen molar-refractivity contribution in [2.75, 3.05) is 0 Å². The molecule has 0 amide bonds. The number of carboxylic acid groups (broad SMARTS) is 1. The summed E-state index contributed by atoms with van der Waals surface area (Å²) >= 11 is 0. The third-order valence-electron chi connectivity index (χ3n) is 6.78. The first-order valence-electron chi connectivity index (χ1n) is 11.5. The van der Waals surface area contributed by atoms with Crippen molar-refractivity contribution in [2.45, 2.75) is 57.5 Å². The smallest absolute Gasteiger partial charge is 0.342 e. The lowest BCUT2D eigenvalue weighted by molar-refractivity contribution is -0.137. The minimum atomic E-state index is -4.24. The Morgan fingerprint density at radius 2 is 1.97 bits per heavy atom. The van der Waals surface area contributed by atoms with E-state index in [0.717, 1.165) is 36.0 Å². The van der Waals surface area contributed by atoms with E-state index in [0.29, 0.717) is 16.7 Å². The number of esters is 1. The zero-order chi connectivity index (χ0) is 25.3. The quantitative estimate of drug-likeness (QED) is 0.307. The van der Waals surface area contributed by atoms with Gasteiger partial charge in [0.2, 0.25) is 0 Å².